The molecule has 25 heavy (non-hydrogen) atoms. The molecule has 3 aromatic rings. The molecular weight excluding hydrogens is 322 g/mol. The van der Waals surface area contributed by atoms with E-state index in [-0.39, 0.29) is 17.5 Å². The normalized spacial score (nSPS) is 13.4. The quantitative estimate of drug-likeness (QED) is 0.688. The number of hydroxylamine groups is 2. The zero-order valence-corrected chi connectivity index (χ0v) is 13.3. The number of benzene rings is 2. The number of carbonyl (C=O) groups is 3. The molecule has 0 bridgehead atoms. The SMILES string of the molecule is Cc1ccc2c(CC(=O)ON3C(=O)c4ccccc4C3=O)coc2c1. The van der Waals surface area contributed by atoms with Crippen LogP contribution in [0.15, 0.2) is 53.1 Å². The van der Waals surface area contributed by atoms with E-state index in [1.807, 2.05) is 25.1 Å². The van der Waals surface area contributed by atoms with Crippen LogP contribution in [-0.2, 0) is 16.1 Å². The van der Waals surface area contributed by atoms with E-state index in [1.165, 1.54) is 18.4 Å². The zero-order valence-electron chi connectivity index (χ0n) is 13.3. The van der Waals surface area contributed by atoms with Crippen molar-refractivity contribution in [2.24, 2.45) is 0 Å². The van der Waals surface area contributed by atoms with Crippen molar-refractivity contribution in [1.82, 2.24) is 5.06 Å². The van der Waals surface area contributed by atoms with Crippen molar-refractivity contribution in [1.29, 1.82) is 0 Å². The number of imide groups is 1. The fourth-order valence-electron chi connectivity index (χ4n) is 2.87. The van der Waals surface area contributed by atoms with Crippen LogP contribution in [0, 0.1) is 6.92 Å². The summed E-state index contributed by atoms with van der Waals surface area (Å²) in [7, 11) is 0. The van der Waals surface area contributed by atoms with E-state index in [0.717, 1.165) is 10.9 Å². The van der Waals surface area contributed by atoms with Gasteiger partial charge in [-0.2, -0.15) is 0 Å². The fourth-order valence-corrected chi connectivity index (χ4v) is 2.87. The van der Waals surface area contributed by atoms with Gasteiger partial charge in [-0.05, 0) is 30.7 Å². The molecule has 1 aliphatic heterocycles. The van der Waals surface area contributed by atoms with Crippen molar-refractivity contribution in [2.45, 2.75) is 13.3 Å². The summed E-state index contributed by atoms with van der Waals surface area (Å²) in [6, 6.07) is 12.0. The van der Waals surface area contributed by atoms with Crippen LogP contribution in [0.4, 0.5) is 0 Å². The van der Waals surface area contributed by atoms with Crippen LogP contribution in [0.2, 0.25) is 0 Å². The number of carbonyl (C=O) groups excluding carboxylic acids is 3. The molecule has 0 spiro atoms. The Bertz CT molecular complexity index is 998. The van der Waals surface area contributed by atoms with E-state index in [2.05, 4.69) is 0 Å². The number of fused-ring (bicyclic) bond motifs is 2. The largest absolute Gasteiger partial charge is 0.464 e. The zero-order chi connectivity index (χ0) is 17.6. The molecule has 0 atom stereocenters. The summed E-state index contributed by atoms with van der Waals surface area (Å²) in [4.78, 5) is 41.6. The van der Waals surface area contributed by atoms with Crippen molar-refractivity contribution in [3.8, 4) is 0 Å². The monoisotopic (exact) mass is 335 g/mol. The highest BCUT2D eigenvalue weighted by atomic mass is 16.7. The Kier molecular flexibility index (Phi) is 3.39. The summed E-state index contributed by atoms with van der Waals surface area (Å²) < 4.78 is 5.44. The molecule has 0 N–H and O–H groups in total. The number of nitrogens with zero attached hydrogens (tertiary/aromatic N) is 1. The molecule has 1 aromatic heterocycles. The highest BCUT2D eigenvalue weighted by Gasteiger charge is 2.38. The van der Waals surface area contributed by atoms with Gasteiger partial charge in [0.1, 0.15) is 5.58 Å². The third kappa shape index (κ3) is 2.48. The molecule has 0 radical (unpaired) electrons. The van der Waals surface area contributed by atoms with Gasteiger partial charge in [0.25, 0.3) is 11.8 Å². The van der Waals surface area contributed by atoms with Crippen LogP contribution in [-0.4, -0.2) is 22.8 Å². The number of amides is 2. The van der Waals surface area contributed by atoms with Gasteiger partial charge >= 0.3 is 5.97 Å². The Morgan fingerprint density at radius 1 is 1.08 bits per heavy atom. The molecule has 124 valence electrons. The lowest BCUT2D eigenvalue weighted by molar-refractivity contribution is -0.167. The molecule has 0 unspecified atom stereocenters. The van der Waals surface area contributed by atoms with Crippen LogP contribution in [0.5, 0.6) is 0 Å². The predicted molar refractivity (Wildman–Crippen MR) is 87.7 cm³/mol. The van der Waals surface area contributed by atoms with Crippen molar-refractivity contribution >= 4 is 28.8 Å². The third-order valence-corrected chi connectivity index (χ3v) is 4.10. The van der Waals surface area contributed by atoms with E-state index >= 15 is 0 Å². The molecule has 0 aliphatic carbocycles. The van der Waals surface area contributed by atoms with Crippen LogP contribution < -0.4 is 0 Å². The van der Waals surface area contributed by atoms with Crippen LogP contribution in [0.25, 0.3) is 11.0 Å². The van der Waals surface area contributed by atoms with Crippen LogP contribution >= 0.6 is 0 Å². The van der Waals surface area contributed by atoms with Crippen LogP contribution in [0.1, 0.15) is 31.8 Å². The van der Waals surface area contributed by atoms with Crippen molar-refractivity contribution in [3.63, 3.8) is 0 Å². The molecule has 2 amide bonds. The number of hydrogen-bond acceptors (Lipinski definition) is 5. The van der Waals surface area contributed by atoms with Gasteiger partial charge in [-0.15, -0.1) is 0 Å². The Morgan fingerprint density at radius 3 is 2.44 bits per heavy atom. The number of furan rings is 1. The minimum atomic E-state index is -0.710. The molecule has 2 aromatic carbocycles. The molecule has 1 aliphatic rings. The minimum Gasteiger partial charge on any atom is -0.464 e. The minimum absolute atomic E-state index is 0.108. The smallest absolute Gasteiger partial charge is 0.337 e. The summed E-state index contributed by atoms with van der Waals surface area (Å²) in [6.45, 7) is 1.94. The Balaban J connectivity index is 1.53. The summed E-state index contributed by atoms with van der Waals surface area (Å²) in [6.07, 6.45) is 1.37. The first kappa shape index (κ1) is 15.1. The third-order valence-electron chi connectivity index (χ3n) is 4.10. The number of aryl methyl sites for hydroxylation is 1. The van der Waals surface area contributed by atoms with E-state index in [1.54, 1.807) is 12.1 Å². The second-order valence-corrected chi connectivity index (χ2v) is 5.85. The van der Waals surface area contributed by atoms with Crippen molar-refractivity contribution < 1.29 is 23.6 Å². The lowest BCUT2D eigenvalue weighted by Crippen LogP contribution is -2.33. The molecule has 6 heteroatoms. The van der Waals surface area contributed by atoms with Gasteiger partial charge in [-0.25, -0.2) is 4.79 Å². The molecule has 4 rings (SSSR count). The summed E-state index contributed by atoms with van der Waals surface area (Å²) in [5.74, 6) is -1.99. The summed E-state index contributed by atoms with van der Waals surface area (Å²) in [5, 5.41) is 1.31. The maximum absolute atomic E-state index is 12.2. The van der Waals surface area contributed by atoms with Gasteiger partial charge in [0.05, 0.1) is 23.8 Å². The van der Waals surface area contributed by atoms with Gasteiger partial charge in [0.2, 0.25) is 0 Å². The van der Waals surface area contributed by atoms with Gasteiger partial charge in [-0.1, -0.05) is 29.3 Å². The number of rotatable bonds is 3. The lowest BCUT2D eigenvalue weighted by Gasteiger charge is -2.12. The van der Waals surface area contributed by atoms with Gasteiger partial charge in [0, 0.05) is 10.9 Å². The fraction of sp³-hybridized carbons (Fsp3) is 0.105. The Morgan fingerprint density at radius 2 is 1.76 bits per heavy atom. The van der Waals surface area contributed by atoms with Crippen LogP contribution in [0.3, 0.4) is 0 Å². The van der Waals surface area contributed by atoms with Gasteiger partial charge < -0.3 is 9.25 Å². The second kappa shape index (κ2) is 5.59. The molecule has 2 heterocycles. The Labute approximate surface area is 142 Å². The maximum atomic E-state index is 12.2. The molecule has 0 saturated carbocycles. The van der Waals surface area contributed by atoms with E-state index in [4.69, 9.17) is 9.25 Å². The van der Waals surface area contributed by atoms with Crippen molar-refractivity contribution in [3.05, 3.63) is 71.0 Å². The molecule has 6 nitrogen and oxygen atoms in total. The van der Waals surface area contributed by atoms with E-state index in [9.17, 15) is 14.4 Å². The average Bonchev–Trinajstić information content (AvgIpc) is 3.09. The van der Waals surface area contributed by atoms with Crippen molar-refractivity contribution in [2.75, 3.05) is 0 Å². The predicted octanol–water partition coefficient (Wildman–Crippen LogP) is 3.04. The molecule has 0 saturated heterocycles. The summed E-state index contributed by atoms with van der Waals surface area (Å²) in [5.41, 5.74) is 2.80. The second-order valence-electron chi connectivity index (χ2n) is 5.85. The van der Waals surface area contributed by atoms with Gasteiger partial charge in [0.15, 0.2) is 0 Å². The Hall–Kier alpha value is -3.41. The maximum Gasteiger partial charge on any atom is 0.337 e. The highest BCUT2D eigenvalue weighted by Crippen LogP contribution is 2.25. The standard InChI is InChI=1S/C19H13NO5/c1-11-6-7-13-12(10-24-16(13)8-11)9-17(21)25-20-18(22)14-4-2-3-5-15(14)19(20)23/h2-8,10H,9H2,1H3. The first-order valence-electron chi connectivity index (χ1n) is 7.70. The highest BCUT2D eigenvalue weighted by molar-refractivity contribution is 6.20. The first-order valence-corrected chi connectivity index (χ1v) is 7.70. The first-order chi connectivity index (χ1) is 12.0. The van der Waals surface area contributed by atoms with Gasteiger partial charge in [-0.3, -0.25) is 9.59 Å². The van der Waals surface area contributed by atoms with E-state index < -0.39 is 17.8 Å². The summed E-state index contributed by atoms with van der Waals surface area (Å²) >= 11 is 0. The average molecular weight is 335 g/mol. The molecular formula is C19H13NO5. The molecule has 0 fully saturated rings. The lowest BCUT2D eigenvalue weighted by atomic mass is 10.1. The number of hydrogen-bond donors (Lipinski definition) is 0. The van der Waals surface area contributed by atoms with E-state index in [0.29, 0.717) is 16.2 Å². The topological polar surface area (TPSA) is 76.8 Å².